The fourth-order valence-electron chi connectivity index (χ4n) is 8.00. The fraction of sp³-hybridized carbons (Fsp3) is 0.703. The summed E-state index contributed by atoms with van der Waals surface area (Å²) in [4.78, 5) is 48.6. The van der Waals surface area contributed by atoms with Crippen LogP contribution in [0, 0.1) is 0 Å². The molecular formula is C64H109O11P. The van der Waals surface area contributed by atoms with Gasteiger partial charge in [-0.05, 0) is 89.9 Å². The normalized spacial score (nSPS) is 14.0. The molecule has 76 heavy (non-hydrogen) atoms. The first kappa shape index (κ1) is 72.4. The van der Waals surface area contributed by atoms with E-state index in [2.05, 4.69) is 106 Å². The molecule has 0 aromatic rings. The molecule has 0 saturated heterocycles. The molecule has 0 amide bonds. The predicted molar refractivity (Wildman–Crippen MR) is 316 cm³/mol. The lowest BCUT2D eigenvalue weighted by Crippen LogP contribution is -2.30. The lowest BCUT2D eigenvalue weighted by Gasteiger charge is -2.21. The quantitative estimate of drug-likeness (QED) is 0.0197. The van der Waals surface area contributed by atoms with Gasteiger partial charge in [-0.25, -0.2) is 4.57 Å². The van der Waals surface area contributed by atoms with E-state index in [1.165, 1.54) is 83.5 Å². The average Bonchev–Trinajstić information content (AvgIpc) is 3.41. The Morgan fingerprint density at radius 3 is 1.11 bits per heavy atom. The third-order valence-corrected chi connectivity index (χ3v) is 13.5. The zero-order valence-corrected chi connectivity index (χ0v) is 49.1. The van der Waals surface area contributed by atoms with Crippen LogP contribution in [0.2, 0.25) is 0 Å². The van der Waals surface area contributed by atoms with Crippen molar-refractivity contribution in [2.24, 2.45) is 0 Å². The Labute approximate surface area is 463 Å². The van der Waals surface area contributed by atoms with Gasteiger partial charge in [0.25, 0.3) is 0 Å². The second-order valence-electron chi connectivity index (χ2n) is 19.8. The van der Waals surface area contributed by atoms with Gasteiger partial charge in [-0.15, -0.1) is 0 Å². The van der Waals surface area contributed by atoms with E-state index in [1.54, 1.807) is 0 Å². The molecule has 0 heterocycles. The van der Waals surface area contributed by atoms with Crippen LogP contribution >= 0.6 is 7.82 Å². The molecule has 2 N–H and O–H groups in total. The lowest BCUT2D eigenvalue weighted by molar-refractivity contribution is -0.161. The van der Waals surface area contributed by atoms with Crippen molar-refractivity contribution in [3.05, 3.63) is 97.2 Å². The summed E-state index contributed by atoms with van der Waals surface area (Å²) in [6.45, 7) is 4.36. The number of esters is 3. The fourth-order valence-corrected chi connectivity index (χ4v) is 8.78. The van der Waals surface area contributed by atoms with Crippen LogP contribution < -0.4 is 0 Å². The SMILES string of the molecule is CC/C=C\C/C=C\C/C=C\C/C=C\C/C=C\CCCC(=O)OC(COC(=O)CCCCCCC/C=C\C/C=C\C/C=C\CC)COP(=O)(O)OCC(CO)OC(=O)CCCCCCCCCCCCCCCCCCC. The van der Waals surface area contributed by atoms with Gasteiger partial charge < -0.3 is 24.2 Å². The first-order chi connectivity index (χ1) is 37.2. The molecule has 3 unspecified atom stereocenters. The highest BCUT2D eigenvalue weighted by Crippen LogP contribution is 2.43. The average molecular weight is 1090 g/mol. The van der Waals surface area contributed by atoms with Gasteiger partial charge in [0.15, 0.2) is 6.10 Å². The molecule has 0 bridgehead atoms. The minimum Gasteiger partial charge on any atom is -0.462 e. The smallest absolute Gasteiger partial charge is 0.462 e. The highest BCUT2D eigenvalue weighted by Gasteiger charge is 2.28. The topological polar surface area (TPSA) is 155 Å². The van der Waals surface area contributed by atoms with E-state index in [1.807, 2.05) is 12.2 Å². The van der Waals surface area contributed by atoms with Gasteiger partial charge in [0.05, 0.1) is 19.8 Å². The van der Waals surface area contributed by atoms with Crippen LogP contribution in [0.5, 0.6) is 0 Å². The van der Waals surface area contributed by atoms with Gasteiger partial charge in [-0.1, -0.05) is 240 Å². The number of carbonyl (C=O) groups excluding carboxylic acids is 3. The summed E-state index contributed by atoms with van der Waals surface area (Å²) in [5, 5.41) is 9.84. The summed E-state index contributed by atoms with van der Waals surface area (Å²) in [5.41, 5.74) is 0. The molecule has 0 fully saturated rings. The molecule has 0 aromatic heterocycles. The van der Waals surface area contributed by atoms with Crippen molar-refractivity contribution in [2.45, 2.75) is 264 Å². The minimum absolute atomic E-state index is 0.0822. The van der Waals surface area contributed by atoms with Crippen LogP contribution in [0.25, 0.3) is 0 Å². The molecule has 3 atom stereocenters. The molecule has 0 aromatic carbocycles. The summed E-state index contributed by atoms with van der Waals surface area (Å²) in [6, 6.07) is 0. The van der Waals surface area contributed by atoms with E-state index in [0.29, 0.717) is 25.7 Å². The van der Waals surface area contributed by atoms with Crippen molar-refractivity contribution in [3.8, 4) is 0 Å². The highest BCUT2D eigenvalue weighted by molar-refractivity contribution is 7.47. The maximum Gasteiger partial charge on any atom is 0.472 e. The molecule has 0 aliphatic carbocycles. The van der Waals surface area contributed by atoms with E-state index >= 15 is 0 Å². The van der Waals surface area contributed by atoms with E-state index < -0.39 is 57.8 Å². The summed E-state index contributed by atoms with van der Waals surface area (Å²) < 4.78 is 39.5. The van der Waals surface area contributed by atoms with Crippen molar-refractivity contribution in [2.75, 3.05) is 26.4 Å². The summed E-state index contributed by atoms with van der Waals surface area (Å²) in [6.07, 6.45) is 68.0. The largest absolute Gasteiger partial charge is 0.472 e. The van der Waals surface area contributed by atoms with Crippen LogP contribution in [0.4, 0.5) is 0 Å². The van der Waals surface area contributed by atoms with Crippen molar-refractivity contribution in [1.29, 1.82) is 0 Å². The number of unbranched alkanes of at least 4 members (excludes halogenated alkanes) is 22. The maximum atomic E-state index is 12.9. The lowest BCUT2D eigenvalue weighted by atomic mass is 10.0. The third kappa shape index (κ3) is 55.2. The van der Waals surface area contributed by atoms with Crippen molar-refractivity contribution in [1.82, 2.24) is 0 Å². The monoisotopic (exact) mass is 1080 g/mol. The van der Waals surface area contributed by atoms with Crippen molar-refractivity contribution < 1.29 is 52.2 Å². The Bertz CT molecular complexity index is 1640. The number of phosphoric acid groups is 1. The number of allylic oxidation sites excluding steroid dienone is 16. The second-order valence-corrected chi connectivity index (χ2v) is 21.2. The van der Waals surface area contributed by atoms with Gasteiger partial charge in [0.2, 0.25) is 0 Å². The zero-order valence-electron chi connectivity index (χ0n) is 48.2. The molecule has 12 heteroatoms. The highest BCUT2D eigenvalue weighted by atomic mass is 31.2. The van der Waals surface area contributed by atoms with Crippen LogP contribution in [0.15, 0.2) is 97.2 Å². The van der Waals surface area contributed by atoms with Crippen LogP contribution in [-0.2, 0) is 42.2 Å². The number of hydrogen-bond donors (Lipinski definition) is 2. The molecule has 0 aliphatic heterocycles. The van der Waals surface area contributed by atoms with E-state index in [-0.39, 0.29) is 25.9 Å². The molecule has 0 radical (unpaired) electrons. The van der Waals surface area contributed by atoms with Gasteiger partial charge in [0.1, 0.15) is 12.7 Å². The number of carbonyl (C=O) groups is 3. The van der Waals surface area contributed by atoms with E-state index in [9.17, 15) is 28.9 Å². The minimum atomic E-state index is -4.77. The van der Waals surface area contributed by atoms with Crippen LogP contribution in [-0.4, -0.2) is 66.5 Å². The molecule has 0 spiro atoms. The van der Waals surface area contributed by atoms with Crippen molar-refractivity contribution >= 4 is 25.7 Å². The molecule has 0 saturated carbocycles. The number of rotatable bonds is 55. The number of aliphatic hydroxyl groups excluding tert-OH is 1. The molecule has 0 rings (SSSR count). The maximum absolute atomic E-state index is 12.9. The Morgan fingerprint density at radius 1 is 0.382 bits per heavy atom. The molecule has 436 valence electrons. The number of hydrogen-bond acceptors (Lipinski definition) is 10. The number of aliphatic hydroxyl groups is 1. The standard InChI is InChI=1S/C64H109O11P/c1-4-7-10-13-16-19-22-25-28-30-33-36-39-42-45-48-51-54-63(67)74-60(56-65)58-72-76(69,70)73-59-61(57-71-62(66)53-50-47-44-41-38-35-32-27-24-21-18-15-12-9-6-3)75-64(68)55-52-49-46-43-40-37-34-31-29-26-23-20-17-14-11-8-5-2/h8-9,11-12,17-18,20-21,26-27,29,32,34,37,43,46,60-61,65H,4-7,10,13-16,19,22-25,28,30-31,33,35-36,38-42,44-45,47-59H2,1-3H3,(H,69,70)/b11-8-,12-9-,20-17-,21-18-,29-26-,32-27-,37-34-,46-43-. The van der Waals surface area contributed by atoms with Crippen LogP contribution in [0.1, 0.15) is 252 Å². The number of ether oxygens (including phenoxy) is 3. The Morgan fingerprint density at radius 2 is 0.697 bits per heavy atom. The van der Waals surface area contributed by atoms with E-state index in [0.717, 1.165) is 103 Å². The Kier molecular flexibility index (Phi) is 54.8. The summed E-state index contributed by atoms with van der Waals surface area (Å²) in [7, 11) is -4.77. The third-order valence-electron chi connectivity index (χ3n) is 12.5. The van der Waals surface area contributed by atoms with Crippen molar-refractivity contribution in [3.63, 3.8) is 0 Å². The second kappa shape index (κ2) is 57.6. The molecule has 11 nitrogen and oxygen atoms in total. The Hall–Kier alpha value is -3.60. The zero-order chi connectivity index (χ0) is 55.5. The summed E-state index contributed by atoms with van der Waals surface area (Å²) >= 11 is 0. The van der Waals surface area contributed by atoms with Gasteiger partial charge in [0, 0.05) is 19.3 Å². The first-order valence-corrected chi connectivity index (χ1v) is 31.6. The van der Waals surface area contributed by atoms with E-state index in [4.69, 9.17) is 23.3 Å². The van der Waals surface area contributed by atoms with Gasteiger partial charge in [-0.2, -0.15) is 0 Å². The molecular weight excluding hydrogens is 976 g/mol. The van der Waals surface area contributed by atoms with Gasteiger partial charge in [-0.3, -0.25) is 23.4 Å². The van der Waals surface area contributed by atoms with Crippen LogP contribution in [0.3, 0.4) is 0 Å². The summed E-state index contributed by atoms with van der Waals surface area (Å²) in [5.74, 6) is -1.55. The van der Waals surface area contributed by atoms with Gasteiger partial charge >= 0.3 is 25.7 Å². The number of phosphoric ester groups is 1. The first-order valence-electron chi connectivity index (χ1n) is 30.1. The Balaban J connectivity index is 4.78. The molecule has 0 aliphatic rings. The predicted octanol–water partition coefficient (Wildman–Crippen LogP) is 18.0.